The molecule has 0 saturated carbocycles. The van der Waals surface area contributed by atoms with E-state index in [9.17, 15) is 18.4 Å². The third kappa shape index (κ3) is 4.59. The molecule has 8 heteroatoms. The minimum Gasteiger partial charge on any atom is -0.448 e. The van der Waals surface area contributed by atoms with E-state index in [1.807, 2.05) is 24.3 Å². The Labute approximate surface area is 157 Å². The number of anilines is 1. The number of nitrogens with one attached hydrogen (secondary N) is 1. The Bertz CT molecular complexity index is 940. The monoisotopic (exact) mass is 391 g/mol. The number of halogens is 2. The molecule has 5 nitrogen and oxygen atoms in total. The first-order valence-electron chi connectivity index (χ1n) is 7.98. The van der Waals surface area contributed by atoms with Crippen LogP contribution >= 0.6 is 11.3 Å². The number of thiophene rings is 1. The van der Waals surface area contributed by atoms with Crippen molar-refractivity contribution >= 4 is 39.0 Å². The lowest BCUT2D eigenvalue weighted by molar-refractivity contribution is -0.123. The standard InChI is InChI=1S/C19H15F2NO4S/c1-11(17(23)22-13-7-3-4-8-14(13)26-19(20)21)25-18(24)16-10-12-6-2-5-9-15(12)27-16/h2-11,19H,1H3,(H,22,23). The highest BCUT2D eigenvalue weighted by atomic mass is 32.1. The highest BCUT2D eigenvalue weighted by molar-refractivity contribution is 7.20. The van der Waals surface area contributed by atoms with E-state index in [0.717, 1.165) is 10.1 Å². The number of carbonyl (C=O) groups excluding carboxylic acids is 2. The van der Waals surface area contributed by atoms with Gasteiger partial charge in [-0.15, -0.1) is 11.3 Å². The summed E-state index contributed by atoms with van der Waals surface area (Å²) < 4.78 is 35.4. The van der Waals surface area contributed by atoms with Crippen molar-refractivity contribution in [3.63, 3.8) is 0 Å². The first-order chi connectivity index (χ1) is 12.9. The van der Waals surface area contributed by atoms with Crippen molar-refractivity contribution in [2.45, 2.75) is 19.6 Å². The third-order valence-corrected chi connectivity index (χ3v) is 4.74. The molecule has 0 aliphatic carbocycles. The normalized spacial score (nSPS) is 12.0. The van der Waals surface area contributed by atoms with Crippen LogP contribution in [0.4, 0.5) is 14.5 Å². The van der Waals surface area contributed by atoms with Gasteiger partial charge in [0.1, 0.15) is 10.6 Å². The van der Waals surface area contributed by atoms with Crippen molar-refractivity contribution in [1.82, 2.24) is 0 Å². The van der Waals surface area contributed by atoms with Crippen molar-refractivity contribution in [3.05, 3.63) is 59.5 Å². The molecule has 0 aliphatic heterocycles. The average Bonchev–Trinajstić information content (AvgIpc) is 3.07. The summed E-state index contributed by atoms with van der Waals surface area (Å²) in [6.45, 7) is -1.62. The molecule has 27 heavy (non-hydrogen) atoms. The SMILES string of the molecule is CC(OC(=O)c1cc2ccccc2s1)C(=O)Nc1ccccc1OC(F)F. The number of fused-ring (bicyclic) bond motifs is 1. The summed E-state index contributed by atoms with van der Waals surface area (Å²) in [7, 11) is 0. The highest BCUT2D eigenvalue weighted by Gasteiger charge is 2.22. The molecule has 0 aliphatic rings. The Morgan fingerprint density at radius 2 is 1.78 bits per heavy atom. The highest BCUT2D eigenvalue weighted by Crippen LogP contribution is 2.27. The number of hydrogen-bond acceptors (Lipinski definition) is 5. The van der Waals surface area contributed by atoms with Crippen LogP contribution in [0, 0.1) is 0 Å². The van der Waals surface area contributed by atoms with Crippen LogP contribution in [0.25, 0.3) is 10.1 Å². The van der Waals surface area contributed by atoms with E-state index in [1.54, 1.807) is 12.1 Å². The summed E-state index contributed by atoms with van der Waals surface area (Å²) in [4.78, 5) is 24.9. The molecule has 2 aromatic carbocycles. The number of rotatable bonds is 6. The van der Waals surface area contributed by atoms with Crippen LogP contribution in [0.15, 0.2) is 54.6 Å². The molecule has 3 aromatic rings. The fourth-order valence-corrected chi connectivity index (χ4v) is 3.30. The molecule has 1 unspecified atom stereocenters. The molecule has 140 valence electrons. The quantitative estimate of drug-likeness (QED) is 0.620. The van der Waals surface area contributed by atoms with E-state index in [0.29, 0.717) is 4.88 Å². The average molecular weight is 391 g/mol. The number of benzene rings is 2. The molecule has 1 aromatic heterocycles. The minimum absolute atomic E-state index is 0.0626. The van der Waals surface area contributed by atoms with Gasteiger partial charge in [-0.05, 0) is 36.6 Å². The second-order valence-corrected chi connectivity index (χ2v) is 6.64. The van der Waals surface area contributed by atoms with Gasteiger partial charge in [-0.25, -0.2) is 4.79 Å². The lowest BCUT2D eigenvalue weighted by Gasteiger charge is -2.15. The number of amides is 1. The number of ether oxygens (including phenoxy) is 2. The van der Waals surface area contributed by atoms with Gasteiger partial charge in [0.05, 0.1) is 5.69 Å². The Balaban J connectivity index is 1.66. The van der Waals surface area contributed by atoms with E-state index in [2.05, 4.69) is 10.1 Å². The van der Waals surface area contributed by atoms with Crippen LogP contribution in [-0.2, 0) is 9.53 Å². The molecular formula is C19H15F2NO4S. The number of alkyl halides is 2. The van der Waals surface area contributed by atoms with E-state index >= 15 is 0 Å². The van der Waals surface area contributed by atoms with Crippen LogP contribution in [0.1, 0.15) is 16.6 Å². The molecule has 0 spiro atoms. The maximum atomic E-state index is 12.4. The molecule has 3 rings (SSSR count). The summed E-state index contributed by atoms with van der Waals surface area (Å²) in [5, 5.41) is 3.34. The number of hydrogen-bond donors (Lipinski definition) is 1. The summed E-state index contributed by atoms with van der Waals surface area (Å²) in [5.41, 5.74) is 0.0626. The predicted octanol–water partition coefficient (Wildman–Crippen LogP) is 4.69. The van der Waals surface area contributed by atoms with Gasteiger partial charge in [0, 0.05) is 4.70 Å². The third-order valence-electron chi connectivity index (χ3n) is 3.64. The molecule has 0 fully saturated rings. The second kappa shape index (κ2) is 8.13. The fourth-order valence-electron chi connectivity index (χ4n) is 2.36. The predicted molar refractivity (Wildman–Crippen MR) is 98.4 cm³/mol. The van der Waals surface area contributed by atoms with Gasteiger partial charge in [0.2, 0.25) is 0 Å². The van der Waals surface area contributed by atoms with Gasteiger partial charge in [0.25, 0.3) is 5.91 Å². The van der Waals surface area contributed by atoms with Gasteiger partial charge < -0.3 is 14.8 Å². The smallest absolute Gasteiger partial charge is 0.387 e. The molecule has 1 atom stereocenters. The summed E-state index contributed by atoms with van der Waals surface area (Å²) in [6, 6.07) is 14.9. The molecule has 1 amide bonds. The molecule has 1 N–H and O–H groups in total. The second-order valence-electron chi connectivity index (χ2n) is 5.56. The van der Waals surface area contributed by atoms with E-state index in [1.165, 1.54) is 36.5 Å². The summed E-state index contributed by atoms with van der Waals surface area (Å²) in [6.07, 6.45) is -1.12. The fraction of sp³-hybridized carbons (Fsp3) is 0.158. The number of para-hydroxylation sites is 2. The Hall–Kier alpha value is -3.00. The zero-order chi connectivity index (χ0) is 19.4. The Kier molecular flexibility index (Phi) is 5.66. The van der Waals surface area contributed by atoms with Crippen molar-refractivity contribution in [3.8, 4) is 5.75 Å². The molecule has 0 saturated heterocycles. The maximum Gasteiger partial charge on any atom is 0.387 e. The van der Waals surface area contributed by atoms with Gasteiger partial charge in [-0.3, -0.25) is 4.79 Å². The first-order valence-corrected chi connectivity index (χ1v) is 8.80. The van der Waals surface area contributed by atoms with Crippen LogP contribution in [0.3, 0.4) is 0 Å². The molecule has 0 bridgehead atoms. The van der Waals surface area contributed by atoms with E-state index in [4.69, 9.17) is 4.74 Å². The van der Waals surface area contributed by atoms with Gasteiger partial charge >= 0.3 is 12.6 Å². The number of esters is 1. The summed E-state index contributed by atoms with van der Waals surface area (Å²) in [5.74, 6) is -1.46. The zero-order valence-electron chi connectivity index (χ0n) is 14.1. The zero-order valence-corrected chi connectivity index (χ0v) is 15.0. The molecule has 0 radical (unpaired) electrons. The lowest BCUT2D eigenvalue weighted by atomic mass is 10.2. The first kappa shape index (κ1) is 18.8. The number of carbonyl (C=O) groups is 2. The minimum atomic E-state index is -3.02. The largest absolute Gasteiger partial charge is 0.448 e. The van der Waals surface area contributed by atoms with Gasteiger partial charge in [-0.1, -0.05) is 30.3 Å². The van der Waals surface area contributed by atoms with Crippen LogP contribution in [0.5, 0.6) is 5.75 Å². The maximum absolute atomic E-state index is 12.4. The van der Waals surface area contributed by atoms with Gasteiger partial charge in [0.15, 0.2) is 6.10 Å². The van der Waals surface area contributed by atoms with E-state index < -0.39 is 24.6 Å². The lowest BCUT2D eigenvalue weighted by Crippen LogP contribution is -2.30. The van der Waals surface area contributed by atoms with Crippen molar-refractivity contribution in [2.24, 2.45) is 0 Å². The van der Waals surface area contributed by atoms with Crippen molar-refractivity contribution in [1.29, 1.82) is 0 Å². The van der Waals surface area contributed by atoms with Crippen LogP contribution in [0.2, 0.25) is 0 Å². The molecule has 1 heterocycles. The van der Waals surface area contributed by atoms with Crippen molar-refractivity contribution < 1.29 is 27.8 Å². The van der Waals surface area contributed by atoms with Gasteiger partial charge in [-0.2, -0.15) is 8.78 Å². The Morgan fingerprint density at radius 3 is 2.52 bits per heavy atom. The summed E-state index contributed by atoms with van der Waals surface area (Å²) >= 11 is 1.26. The topological polar surface area (TPSA) is 64.6 Å². The Morgan fingerprint density at radius 1 is 1.07 bits per heavy atom. The van der Waals surface area contributed by atoms with E-state index in [-0.39, 0.29) is 11.4 Å². The molecular weight excluding hydrogens is 376 g/mol. The van der Waals surface area contributed by atoms with Crippen LogP contribution in [-0.4, -0.2) is 24.6 Å². The van der Waals surface area contributed by atoms with Crippen LogP contribution < -0.4 is 10.1 Å². The van der Waals surface area contributed by atoms with Crippen molar-refractivity contribution in [2.75, 3.05) is 5.32 Å².